The van der Waals surface area contributed by atoms with Crippen LogP contribution in [0.15, 0.2) is 36.4 Å². The van der Waals surface area contributed by atoms with Gasteiger partial charge in [0, 0.05) is 0 Å². The first kappa shape index (κ1) is 20.3. The second-order valence-electron chi connectivity index (χ2n) is 6.50. The highest BCUT2D eigenvalue weighted by atomic mass is 16.5. The van der Waals surface area contributed by atoms with Gasteiger partial charge in [0.15, 0.2) is 11.5 Å². The SMILES string of the molecule is CCOc1cc([C@@H](CC)N2C(=O)c3cccc(NC(=O)CO)c3C2=O)ccc1O. The number of hydrogen-bond acceptors (Lipinski definition) is 6. The average Bonchev–Trinajstić information content (AvgIpc) is 2.97. The monoisotopic (exact) mass is 398 g/mol. The Bertz CT molecular complexity index is 972. The third kappa shape index (κ3) is 3.66. The van der Waals surface area contributed by atoms with Crippen LogP contribution in [-0.2, 0) is 4.79 Å². The molecule has 2 aromatic rings. The fraction of sp³-hybridized carbons (Fsp3) is 0.286. The number of anilines is 1. The number of phenols is 1. The van der Waals surface area contributed by atoms with Crippen molar-refractivity contribution in [3.8, 4) is 11.5 Å². The van der Waals surface area contributed by atoms with E-state index in [9.17, 15) is 19.5 Å². The van der Waals surface area contributed by atoms with Gasteiger partial charge in [-0.1, -0.05) is 19.1 Å². The molecule has 0 saturated heterocycles. The van der Waals surface area contributed by atoms with Gasteiger partial charge in [-0.2, -0.15) is 0 Å². The average molecular weight is 398 g/mol. The predicted octanol–water partition coefficient (Wildman–Crippen LogP) is 2.47. The van der Waals surface area contributed by atoms with E-state index in [4.69, 9.17) is 9.84 Å². The fourth-order valence-electron chi connectivity index (χ4n) is 3.46. The van der Waals surface area contributed by atoms with Crippen molar-refractivity contribution < 1.29 is 29.3 Å². The molecule has 1 atom stereocenters. The lowest BCUT2D eigenvalue weighted by Crippen LogP contribution is -2.34. The van der Waals surface area contributed by atoms with Gasteiger partial charge in [-0.25, -0.2) is 0 Å². The topological polar surface area (TPSA) is 116 Å². The standard InChI is InChI=1S/C21H22N2O6/c1-3-15(12-8-9-16(25)17(10-12)29-4-2)23-20(27)13-6-5-7-14(19(13)21(23)28)22-18(26)11-24/h5-10,15,24-25H,3-4,11H2,1-2H3,(H,22,26)/t15-/m1/s1. The number of amides is 3. The number of imide groups is 1. The number of hydrogen-bond donors (Lipinski definition) is 3. The molecule has 1 aliphatic heterocycles. The molecule has 152 valence electrons. The summed E-state index contributed by atoms with van der Waals surface area (Å²) in [6.45, 7) is 3.25. The molecule has 0 spiro atoms. The molecule has 3 amide bonds. The van der Waals surface area contributed by atoms with Gasteiger partial charge in [0.2, 0.25) is 5.91 Å². The number of carbonyl (C=O) groups is 3. The van der Waals surface area contributed by atoms with Gasteiger partial charge in [-0.05, 0) is 43.2 Å². The van der Waals surface area contributed by atoms with E-state index in [-0.39, 0.29) is 28.3 Å². The number of ether oxygens (including phenoxy) is 1. The van der Waals surface area contributed by atoms with Crippen LogP contribution in [0.3, 0.4) is 0 Å². The largest absolute Gasteiger partial charge is 0.504 e. The number of nitrogens with one attached hydrogen (secondary N) is 1. The van der Waals surface area contributed by atoms with E-state index in [0.29, 0.717) is 18.6 Å². The lowest BCUT2D eigenvalue weighted by Gasteiger charge is -2.26. The maximum absolute atomic E-state index is 13.2. The Kier molecular flexibility index (Phi) is 5.84. The first-order valence-electron chi connectivity index (χ1n) is 9.30. The molecule has 1 heterocycles. The first-order valence-corrected chi connectivity index (χ1v) is 9.30. The molecule has 1 aliphatic rings. The summed E-state index contributed by atoms with van der Waals surface area (Å²) in [5.74, 6) is -1.43. The van der Waals surface area contributed by atoms with Gasteiger partial charge in [-0.3, -0.25) is 19.3 Å². The molecular formula is C21H22N2O6. The molecule has 0 aromatic heterocycles. The molecule has 29 heavy (non-hydrogen) atoms. The van der Waals surface area contributed by atoms with Crippen LogP contribution in [0.2, 0.25) is 0 Å². The Labute approximate surface area is 167 Å². The zero-order valence-corrected chi connectivity index (χ0v) is 16.1. The van der Waals surface area contributed by atoms with Crippen LogP contribution < -0.4 is 10.1 Å². The molecule has 0 aliphatic carbocycles. The van der Waals surface area contributed by atoms with Crippen molar-refractivity contribution in [1.29, 1.82) is 0 Å². The maximum atomic E-state index is 13.2. The van der Waals surface area contributed by atoms with Gasteiger partial charge in [-0.15, -0.1) is 0 Å². The van der Waals surface area contributed by atoms with Crippen molar-refractivity contribution >= 4 is 23.4 Å². The lowest BCUT2D eigenvalue weighted by molar-refractivity contribution is -0.118. The van der Waals surface area contributed by atoms with Gasteiger partial charge < -0.3 is 20.3 Å². The van der Waals surface area contributed by atoms with E-state index < -0.39 is 30.4 Å². The number of nitrogens with zero attached hydrogens (tertiary/aromatic N) is 1. The molecule has 0 saturated carbocycles. The Morgan fingerprint density at radius 1 is 1.17 bits per heavy atom. The highest BCUT2D eigenvalue weighted by molar-refractivity contribution is 6.24. The summed E-state index contributed by atoms with van der Waals surface area (Å²) < 4.78 is 5.42. The first-order chi connectivity index (χ1) is 13.9. The highest BCUT2D eigenvalue weighted by Gasteiger charge is 2.41. The normalized spacial score (nSPS) is 14.0. The van der Waals surface area contributed by atoms with E-state index >= 15 is 0 Å². The van der Waals surface area contributed by atoms with Crippen LogP contribution in [0, 0.1) is 0 Å². The number of rotatable bonds is 7. The summed E-state index contributed by atoms with van der Waals surface area (Å²) in [5, 5.41) is 21.4. The van der Waals surface area contributed by atoms with Gasteiger partial charge >= 0.3 is 0 Å². The number of fused-ring (bicyclic) bond motifs is 1. The van der Waals surface area contributed by atoms with Crippen molar-refractivity contribution in [2.45, 2.75) is 26.3 Å². The third-order valence-corrected chi connectivity index (χ3v) is 4.73. The van der Waals surface area contributed by atoms with E-state index in [1.807, 2.05) is 6.92 Å². The number of benzene rings is 2. The minimum atomic E-state index is -0.735. The van der Waals surface area contributed by atoms with Crippen LogP contribution >= 0.6 is 0 Å². The molecule has 3 N–H and O–H groups in total. The number of carbonyl (C=O) groups excluding carboxylic acids is 3. The summed E-state index contributed by atoms with van der Waals surface area (Å²) in [6.07, 6.45) is 0.445. The smallest absolute Gasteiger partial charge is 0.264 e. The Hall–Kier alpha value is -3.39. The van der Waals surface area contributed by atoms with Crippen LogP contribution in [0.1, 0.15) is 52.6 Å². The predicted molar refractivity (Wildman–Crippen MR) is 105 cm³/mol. The lowest BCUT2D eigenvalue weighted by atomic mass is 10.0. The van der Waals surface area contributed by atoms with Crippen molar-refractivity contribution in [3.05, 3.63) is 53.1 Å². The highest BCUT2D eigenvalue weighted by Crippen LogP contribution is 2.38. The molecule has 3 rings (SSSR count). The maximum Gasteiger partial charge on any atom is 0.264 e. The van der Waals surface area contributed by atoms with Crippen molar-refractivity contribution in [3.63, 3.8) is 0 Å². The van der Waals surface area contributed by atoms with E-state index in [1.165, 1.54) is 18.2 Å². The molecule has 0 radical (unpaired) electrons. The minimum Gasteiger partial charge on any atom is -0.504 e. The zero-order chi connectivity index (χ0) is 21.1. The van der Waals surface area contributed by atoms with E-state index in [0.717, 1.165) is 4.90 Å². The second kappa shape index (κ2) is 8.32. The number of aromatic hydroxyl groups is 1. The number of aliphatic hydroxyl groups excluding tert-OH is 1. The van der Waals surface area contributed by atoms with Gasteiger partial charge in [0.1, 0.15) is 6.61 Å². The van der Waals surface area contributed by atoms with Crippen molar-refractivity contribution in [2.75, 3.05) is 18.5 Å². The summed E-state index contributed by atoms with van der Waals surface area (Å²) in [6, 6.07) is 8.75. The number of phenolic OH excluding ortho intramolecular Hbond substituents is 1. The van der Waals surface area contributed by atoms with Gasteiger partial charge in [0.25, 0.3) is 11.8 Å². The van der Waals surface area contributed by atoms with Crippen LogP contribution in [0.4, 0.5) is 5.69 Å². The molecular weight excluding hydrogens is 376 g/mol. The Balaban J connectivity index is 2.01. The molecule has 8 heteroatoms. The summed E-state index contributed by atoms with van der Waals surface area (Å²) in [4.78, 5) is 38.9. The summed E-state index contributed by atoms with van der Waals surface area (Å²) >= 11 is 0. The van der Waals surface area contributed by atoms with Crippen molar-refractivity contribution in [2.24, 2.45) is 0 Å². The van der Waals surface area contributed by atoms with E-state index in [1.54, 1.807) is 25.1 Å². The Morgan fingerprint density at radius 3 is 2.59 bits per heavy atom. The fourth-order valence-corrected chi connectivity index (χ4v) is 3.46. The third-order valence-electron chi connectivity index (χ3n) is 4.73. The van der Waals surface area contributed by atoms with E-state index in [2.05, 4.69) is 5.32 Å². The molecule has 2 aromatic carbocycles. The number of aliphatic hydroxyl groups is 1. The van der Waals surface area contributed by atoms with Crippen molar-refractivity contribution in [1.82, 2.24) is 4.90 Å². The Morgan fingerprint density at radius 2 is 1.93 bits per heavy atom. The second-order valence-corrected chi connectivity index (χ2v) is 6.50. The molecule has 8 nitrogen and oxygen atoms in total. The quantitative estimate of drug-likeness (QED) is 0.617. The van der Waals surface area contributed by atoms with Crippen LogP contribution in [-0.4, -0.2) is 46.0 Å². The minimum absolute atomic E-state index is 0.0261. The van der Waals surface area contributed by atoms with Crippen LogP contribution in [0.5, 0.6) is 11.5 Å². The molecule has 0 fully saturated rings. The zero-order valence-electron chi connectivity index (χ0n) is 16.1. The summed E-state index contributed by atoms with van der Waals surface area (Å²) in [7, 11) is 0. The van der Waals surface area contributed by atoms with Crippen LogP contribution in [0.25, 0.3) is 0 Å². The molecule has 0 unspecified atom stereocenters. The van der Waals surface area contributed by atoms with Gasteiger partial charge in [0.05, 0.1) is 29.5 Å². The summed E-state index contributed by atoms with van der Waals surface area (Å²) in [5.41, 5.74) is 1.11. The molecule has 0 bridgehead atoms.